The highest BCUT2D eigenvalue weighted by atomic mass is 79.9. The van der Waals surface area contributed by atoms with Gasteiger partial charge in [0.05, 0.1) is 14.2 Å². The summed E-state index contributed by atoms with van der Waals surface area (Å²) in [5, 5.41) is 10.1. The summed E-state index contributed by atoms with van der Waals surface area (Å²) in [5.41, 5.74) is 1.30. The number of benzene rings is 2. The fourth-order valence-corrected chi connectivity index (χ4v) is 2.63. The van der Waals surface area contributed by atoms with Crippen LogP contribution in [0.1, 0.15) is 22.3 Å². The number of Topliss-reactive ketones (excluding diaryl/α,β-unsaturated/α-hetero) is 1. The van der Waals surface area contributed by atoms with E-state index in [0.717, 1.165) is 4.47 Å². The van der Waals surface area contributed by atoms with Gasteiger partial charge >= 0.3 is 0 Å². The van der Waals surface area contributed by atoms with Crippen LogP contribution in [0.4, 0.5) is 0 Å². The van der Waals surface area contributed by atoms with Crippen LogP contribution in [0.5, 0.6) is 17.2 Å². The van der Waals surface area contributed by atoms with E-state index in [1.54, 1.807) is 43.5 Å². The zero-order valence-corrected chi connectivity index (χ0v) is 14.0. The molecule has 5 heteroatoms. The van der Waals surface area contributed by atoms with E-state index in [4.69, 9.17) is 9.47 Å². The molecule has 2 aromatic rings. The molecule has 2 rings (SSSR count). The van der Waals surface area contributed by atoms with E-state index >= 15 is 0 Å². The van der Waals surface area contributed by atoms with Gasteiger partial charge in [-0.3, -0.25) is 4.79 Å². The molecule has 0 bridgehead atoms. The molecule has 0 aliphatic carbocycles. The second-order valence-corrected chi connectivity index (χ2v) is 5.68. The molecule has 4 nitrogen and oxygen atoms in total. The highest BCUT2D eigenvalue weighted by molar-refractivity contribution is 9.10. The third-order valence-electron chi connectivity index (χ3n) is 3.37. The predicted molar refractivity (Wildman–Crippen MR) is 88.0 cm³/mol. The van der Waals surface area contributed by atoms with Crippen molar-refractivity contribution in [3.63, 3.8) is 0 Å². The van der Waals surface area contributed by atoms with E-state index in [-0.39, 0.29) is 11.5 Å². The SMILES string of the molecule is COc1ccc(C(=O)CCc2cc(Br)cc(OC)c2O)cc1. The van der Waals surface area contributed by atoms with Crippen molar-refractivity contribution in [2.75, 3.05) is 14.2 Å². The van der Waals surface area contributed by atoms with E-state index in [2.05, 4.69) is 15.9 Å². The van der Waals surface area contributed by atoms with Gasteiger partial charge in [-0.2, -0.15) is 0 Å². The molecule has 0 saturated carbocycles. The molecule has 0 saturated heterocycles. The Balaban J connectivity index is 2.09. The molecule has 0 unspecified atom stereocenters. The molecule has 0 spiro atoms. The standard InChI is InChI=1S/C17H17BrO4/c1-21-14-6-3-11(4-7-14)15(19)8-5-12-9-13(18)10-16(22-2)17(12)20/h3-4,6-7,9-10,20H,5,8H2,1-2H3. The lowest BCUT2D eigenvalue weighted by Crippen LogP contribution is -2.02. The number of phenolic OH excluding ortho intramolecular Hbond substituents is 1. The van der Waals surface area contributed by atoms with Crippen LogP contribution in [0.2, 0.25) is 0 Å². The number of aromatic hydroxyl groups is 1. The minimum atomic E-state index is 0.0148. The van der Waals surface area contributed by atoms with Gasteiger partial charge in [0.15, 0.2) is 17.3 Å². The van der Waals surface area contributed by atoms with Gasteiger partial charge < -0.3 is 14.6 Å². The number of ketones is 1. The number of rotatable bonds is 6. The third-order valence-corrected chi connectivity index (χ3v) is 3.83. The number of carbonyl (C=O) groups is 1. The van der Waals surface area contributed by atoms with Crippen molar-refractivity contribution in [2.45, 2.75) is 12.8 Å². The quantitative estimate of drug-likeness (QED) is 0.787. The summed E-state index contributed by atoms with van der Waals surface area (Å²) >= 11 is 3.37. The fourth-order valence-electron chi connectivity index (χ4n) is 2.14. The number of phenols is 1. The molecule has 0 aliphatic heterocycles. The third kappa shape index (κ3) is 3.80. The lowest BCUT2D eigenvalue weighted by Gasteiger charge is -2.10. The molecule has 0 heterocycles. The van der Waals surface area contributed by atoms with Gasteiger partial charge in [-0.05, 0) is 48.4 Å². The van der Waals surface area contributed by atoms with Crippen molar-refractivity contribution >= 4 is 21.7 Å². The number of hydrogen-bond donors (Lipinski definition) is 1. The summed E-state index contributed by atoms with van der Waals surface area (Å²) in [4.78, 5) is 12.2. The molecule has 22 heavy (non-hydrogen) atoms. The molecule has 1 N–H and O–H groups in total. The first-order valence-corrected chi connectivity index (χ1v) is 7.57. The maximum absolute atomic E-state index is 12.2. The van der Waals surface area contributed by atoms with Gasteiger partial charge in [0.1, 0.15) is 5.75 Å². The summed E-state index contributed by atoms with van der Waals surface area (Å²) in [6, 6.07) is 10.5. The smallest absolute Gasteiger partial charge is 0.163 e. The predicted octanol–water partition coefficient (Wildman–Crippen LogP) is 3.99. The zero-order valence-electron chi connectivity index (χ0n) is 12.4. The van der Waals surface area contributed by atoms with E-state index in [1.165, 1.54) is 7.11 Å². The van der Waals surface area contributed by atoms with Crippen molar-refractivity contribution < 1.29 is 19.4 Å². The number of ether oxygens (including phenoxy) is 2. The highest BCUT2D eigenvalue weighted by Gasteiger charge is 2.12. The average molecular weight is 365 g/mol. The van der Waals surface area contributed by atoms with Gasteiger partial charge in [-0.1, -0.05) is 15.9 Å². The van der Waals surface area contributed by atoms with Gasteiger partial charge in [0.25, 0.3) is 0 Å². The van der Waals surface area contributed by atoms with Crippen molar-refractivity contribution in [3.05, 3.63) is 52.0 Å². The number of hydrogen-bond acceptors (Lipinski definition) is 4. The molecule has 0 amide bonds. The van der Waals surface area contributed by atoms with E-state index in [0.29, 0.717) is 35.5 Å². The fraction of sp³-hybridized carbons (Fsp3) is 0.235. The number of methoxy groups -OCH3 is 2. The first-order valence-electron chi connectivity index (χ1n) is 6.77. The van der Waals surface area contributed by atoms with Gasteiger partial charge in [-0.15, -0.1) is 0 Å². The average Bonchev–Trinajstić information content (AvgIpc) is 2.55. The Morgan fingerprint density at radius 3 is 2.41 bits per heavy atom. The normalized spacial score (nSPS) is 10.3. The first kappa shape index (κ1) is 16.4. The Morgan fingerprint density at radius 1 is 1.14 bits per heavy atom. The van der Waals surface area contributed by atoms with E-state index < -0.39 is 0 Å². The maximum Gasteiger partial charge on any atom is 0.163 e. The van der Waals surface area contributed by atoms with Gasteiger partial charge in [0.2, 0.25) is 0 Å². The van der Waals surface area contributed by atoms with Crippen molar-refractivity contribution in [1.29, 1.82) is 0 Å². The van der Waals surface area contributed by atoms with Crippen LogP contribution in [0.15, 0.2) is 40.9 Å². The van der Waals surface area contributed by atoms with Crippen molar-refractivity contribution in [3.8, 4) is 17.2 Å². The number of halogens is 1. The van der Waals surface area contributed by atoms with Crippen molar-refractivity contribution in [2.24, 2.45) is 0 Å². The summed E-state index contributed by atoms with van der Waals surface area (Å²) < 4.78 is 11.0. The molecular weight excluding hydrogens is 348 g/mol. The largest absolute Gasteiger partial charge is 0.504 e. The van der Waals surface area contributed by atoms with Crippen LogP contribution in [-0.4, -0.2) is 25.1 Å². The van der Waals surface area contributed by atoms with Crippen LogP contribution >= 0.6 is 15.9 Å². The monoisotopic (exact) mass is 364 g/mol. The summed E-state index contributed by atoms with van der Waals surface area (Å²) in [5.74, 6) is 1.20. The van der Waals surface area contributed by atoms with Crippen LogP contribution in [-0.2, 0) is 6.42 Å². The second kappa shape index (κ2) is 7.31. The number of aryl methyl sites for hydroxylation is 1. The molecular formula is C17H17BrO4. The first-order chi connectivity index (χ1) is 10.5. The summed E-state index contributed by atoms with van der Waals surface area (Å²) in [6.07, 6.45) is 0.742. The maximum atomic E-state index is 12.2. The minimum Gasteiger partial charge on any atom is -0.504 e. The topological polar surface area (TPSA) is 55.8 Å². The van der Waals surface area contributed by atoms with Crippen LogP contribution < -0.4 is 9.47 Å². The Hall–Kier alpha value is -2.01. The Morgan fingerprint density at radius 2 is 1.82 bits per heavy atom. The van der Waals surface area contributed by atoms with Crippen LogP contribution in [0.25, 0.3) is 0 Å². The Kier molecular flexibility index (Phi) is 5.44. The number of carbonyl (C=O) groups excluding carboxylic acids is 1. The molecule has 0 aromatic heterocycles. The van der Waals surface area contributed by atoms with E-state index in [9.17, 15) is 9.90 Å². The molecule has 0 aliphatic rings. The minimum absolute atomic E-state index is 0.0148. The summed E-state index contributed by atoms with van der Waals surface area (Å²) in [6.45, 7) is 0. The molecule has 0 radical (unpaired) electrons. The lowest BCUT2D eigenvalue weighted by atomic mass is 10.0. The second-order valence-electron chi connectivity index (χ2n) is 4.77. The molecule has 0 fully saturated rings. The molecule has 116 valence electrons. The van der Waals surface area contributed by atoms with Gasteiger partial charge in [-0.25, -0.2) is 0 Å². The van der Waals surface area contributed by atoms with Crippen molar-refractivity contribution in [1.82, 2.24) is 0 Å². The summed E-state index contributed by atoms with van der Waals surface area (Å²) in [7, 11) is 3.08. The van der Waals surface area contributed by atoms with Gasteiger partial charge in [0, 0.05) is 16.5 Å². The Bertz CT molecular complexity index is 665. The lowest BCUT2D eigenvalue weighted by molar-refractivity contribution is 0.0982. The van der Waals surface area contributed by atoms with Crippen LogP contribution in [0, 0.1) is 0 Å². The highest BCUT2D eigenvalue weighted by Crippen LogP contribution is 2.34. The zero-order chi connectivity index (χ0) is 16.1. The molecule has 0 atom stereocenters. The molecule has 2 aromatic carbocycles. The van der Waals surface area contributed by atoms with E-state index in [1.807, 2.05) is 0 Å². The Labute approximate surface area is 137 Å². The van der Waals surface area contributed by atoms with Crippen LogP contribution in [0.3, 0.4) is 0 Å².